The molecule has 1 fully saturated rings. The van der Waals surface area contributed by atoms with Crippen molar-refractivity contribution in [2.45, 2.75) is 44.8 Å². The number of carbonyl (C=O) groups excluding carboxylic acids is 1. The van der Waals surface area contributed by atoms with Gasteiger partial charge in [0.1, 0.15) is 5.69 Å². The minimum Gasteiger partial charge on any atom is -0.378 e. The van der Waals surface area contributed by atoms with Gasteiger partial charge < -0.3 is 15.4 Å². The first-order valence-corrected chi connectivity index (χ1v) is 8.86. The third kappa shape index (κ3) is 5.03. The van der Waals surface area contributed by atoms with Gasteiger partial charge in [0, 0.05) is 13.2 Å². The highest BCUT2D eigenvalue weighted by molar-refractivity contribution is 5.74. The molecule has 1 aromatic heterocycles. The minimum absolute atomic E-state index is 0.197. The third-order valence-corrected chi connectivity index (χ3v) is 4.35. The monoisotopic (exact) mass is 343 g/mol. The summed E-state index contributed by atoms with van der Waals surface area (Å²) in [6, 6.07) is 9.34. The maximum Gasteiger partial charge on any atom is 0.315 e. The van der Waals surface area contributed by atoms with Crippen molar-refractivity contribution >= 4 is 6.03 Å². The summed E-state index contributed by atoms with van der Waals surface area (Å²) in [6.45, 7) is 3.34. The van der Waals surface area contributed by atoms with E-state index < -0.39 is 0 Å². The van der Waals surface area contributed by atoms with Crippen molar-refractivity contribution in [2.75, 3.05) is 13.2 Å². The third-order valence-electron chi connectivity index (χ3n) is 4.35. The molecular weight excluding hydrogens is 318 g/mol. The molecule has 0 aliphatic carbocycles. The van der Waals surface area contributed by atoms with E-state index in [4.69, 9.17) is 4.74 Å². The number of rotatable bonds is 6. The van der Waals surface area contributed by atoms with Gasteiger partial charge in [-0.2, -0.15) is 0 Å². The van der Waals surface area contributed by atoms with E-state index in [1.165, 1.54) is 6.42 Å². The van der Waals surface area contributed by atoms with E-state index >= 15 is 0 Å². The van der Waals surface area contributed by atoms with Crippen LogP contribution in [-0.4, -0.2) is 40.3 Å². The normalized spacial score (nSPS) is 18.5. The first-order valence-electron chi connectivity index (χ1n) is 8.86. The molecule has 2 heterocycles. The molecule has 0 spiro atoms. The van der Waals surface area contributed by atoms with Crippen LogP contribution in [0.4, 0.5) is 4.79 Å². The summed E-state index contributed by atoms with van der Waals surface area (Å²) in [5.74, 6) is 0. The van der Waals surface area contributed by atoms with Gasteiger partial charge in [0.25, 0.3) is 0 Å². The summed E-state index contributed by atoms with van der Waals surface area (Å²) in [5.41, 5.74) is 1.65. The maximum absolute atomic E-state index is 12.0. The van der Waals surface area contributed by atoms with Crippen LogP contribution in [0.15, 0.2) is 36.5 Å². The quantitative estimate of drug-likeness (QED) is 0.845. The van der Waals surface area contributed by atoms with Gasteiger partial charge in [-0.15, -0.1) is 5.10 Å². The fourth-order valence-electron chi connectivity index (χ4n) is 2.89. The number of hydrogen-bond donors (Lipinski definition) is 2. The number of para-hydroxylation sites is 1. The number of amides is 2. The number of benzene rings is 1. The standard InChI is InChI=1S/C18H25N5O2/c1-14(17-13-23(22-21-17)15-7-3-2-4-8-15)20-18(24)19-11-10-16-9-5-6-12-25-16/h2-4,7-8,13-14,16H,5-6,9-12H2,1H3,(H2,19,20,24)/t14-,16+/m1/s1. The average Bonchev–Trinajstić information content (AvgIpc) is 3.14. The van der Waals surface area contributed by atoms with Gasteiger partial charge in [0.15, 0.2) is 0 Å². The Balaban J connectivity index is 1.44. The summed E-state index contributed by atoms with van der Waals surface area (Å²) in [4.78, 5) is 12.0. The lowest BCUT2D eigenvalue weighted by atomic mass is 10.1. The zero-order valence-electron chi connectivity index (χ0n) is 14.5. The fourth-order valence-corrected chi connectivity index (χ4v) is 2.89. The predicted molar refractivity (Wildman–Crippen MR) is 94.5 cm³/mol. The Morgan fingerprint density at radius 2 is 2.20 bits per heavy atom. The lowest BCUT2D eigenvalue weighted by Crippen LogP contribution is -2.38. The summed E-state index contributed by atoms with van der Waals surface area (Å²) >= 11 is 0. The van der Waals surface area contributed by atoms with Crippen molar-refractivity contribution in [3.05, 3.63) is 42.2 Å². The number of urea groups is 1. The molecule has 0 radical (unpaired) electrons. The van der Waals surface area contributed by atoms with Crippen LogP contribution in [0.5, 0.6) is 0 Å². The Bertz CT molecular complexity index is 667. The summed E-state index contributed by atoms with van der Waals surface area (Å²) < 4.78 is 7.36. The van der Waals surface area contributed by atoms with E-state index in [1.807, 2.05) is 43.5 Å². The molecule has 0 unspecified atom stereocenters. The van der Waals surface area contributed by atoms with Gasteiger partial charge in [0.05, 0.1) is 24.0 Å². The van der Waals surface area contributed by atoms with Crippen molar-refractivity contribution in [1.29, 1.82) is 0 Å². The molecule has 1 aliphatic rings. The smallest absolute Gasteiger partial charge is 0.315 e. The molecule has 134 valence electrons. The first kappa shape index (κ1) is 17.4. The van der Waals surface area contributed by atoms with Gasteiger partial charge in [-0.05, 0) is 44.7 Å². The van der Waals surface area contributed by atoms with E-state index in [-0.39, 0.29) is 18.2 Å². The Kier molecular flexibility index (Phi) is 6.00. The van der Waals surface area contributed by atoms with Crippen LogP contribution in [0, 0.1) is 0 Å². The number of nitrogens with one attached hydrogen (secondary N) is 2. The van der Waals surface area contributed by atoms with Crippen LogP contribution in [0.1, 0.15) is 44.3 Å². The number of hydrogen-bond acceptors (Lipinski definition) is 4. The highest BCUT2D eigenvalue weighted by Crippen LogP contribution is 2.15. The van der Waals surface area contributed by atoms with E-state index in [0.29, 0.717) is 6.54 Å². The molecule has 2 atom stereocenters. The fraction of sp³-hybridized carbons (Fsp3) is 0.500. The topological polar surface area (TPSA) is 81.1 Å². The maximum atomic E-state index is 12.0. The number of nitrogens with zero attached hydrogens (tertiary/aromatic N) is 3. The van der Waals surface area contributed by atoms with E-state index in [1.54, 1.807) is 4.68 Å². The molecule has 2 N–H and O–H groups in total. The molecular formula is C18H25N5O2. The van der Waals surface area contributed by atoms with Crippen LogP contribution in [0.2, 0.25) is 0 Å². The molecule has 25 heavy (non-hydrogen) atoms. The van der Waals surface area contributed by atoms with E-state index in [0.717, 1.165) is 37.3 Å². The molecule has 3 rings (SSSR count). The first-order chi connectivity index (χ1) is 12.2. The van der Waals surface area contributed by atoms with Gasteiger partial charge in [-0.1, -0.05) is 23.4 Å². The van der Waals surface area contributed by atoms with Crippen molar-refractivity contribution < 1.29 is 9.53 Å². The molecule has 2 aromatic rings. The van der Waals surface area contributed by atoms with Crippen LogP contribution in [0.25, 0.3) is 5.69 Å². The highest BCUT2D eigenvalue weighted by atomic mass is 16.5. The Labute approximate surface area is 147 Å². The Morgan fingerprint density at radius 3 is 2.96 bits per heavy atom. The lowest BCUT2D eigenvalue weighted by molar-refractivity contribution is 0.0120. The molecule has 1 saturated heterocycles. The van der Waals surface area contributed by atoms with Gasteiger partial charge in [0.2, 0.25) is 0 Å². The highest BCUT2D eigenvalue weighted by Gasteiger charge is 2.16. The van der Waals surface area contributed by atoms with Crippen molar-refractivity contribution in [2.24, 2.45) is 0 Å². The second-order valence-corrected chi connectivity index (χ2v) is 6.32. The van der Waals surface area contributed by atoms with Crippen molar-refractivity contribution in [3.8, 4) is 5.69 Å². The summed E-state index contributed by atoms with van der Waals surface area (Å²) in [5, 5.41) is 14.0. The van der Waals surface area contributed by atoms with Crippen molar-refractivity contribution in [3.63, 3.8) is 0 Å². The second-order valence-electron chi connectivity index (χ2n) is 6.32. The van der Waals surface area contributed by atoms with E-state index in [9.17, 15) is 4.79 Å². The minimum atomic E-state index is -0.219. The lowest BCUT2D eigenvalue weighted by Gasteiger charge is -2.22. The largest absolute Gasteiger partial charge is 0.378 e. The molecule has 0 bridgehead atoms. The van der Waals surface area contributed by atoms with Crippen LogP contribution >= 0.6 is 0 Å². The predicted octanol–water partition coefficient (Wildman–Crippen LogP) is 2.59. The zero-order chi connectivity index (χ0) is 17.5. The molecule has 7 nitrogen and oxygen atoms in total. The van der Waals surface area contributed by atoms with E-state index in [2.05, 4.69) is 20.9 Å². The van der Waals surface area contributed by atoms with Crippen molar-refractivity contribution in [1.82, 2.24) is 25.6 Å². The number of carbonyl (C=O) groups is 1. The Hall–Kier alpha value is -2.41. The number of aromatic nitrogens is 3. The molecule has 1 aromatic carbocycles. The number of ether oxygens (including phenoxy) is 1. The summed E-state index contributed by atoms with van der Waals surface area (Å²) in [6.07, 6.45) is 6.40. The van der Waals surface area contributed by atoms with Gasteiger partial charge in [-0.25, -0.2) is 9.48 Å². The van der Waals surface area contributed by atoms with Crippen LogP contribution < -0.4 is 10.6 Å². The SMILES string of the molecule is C[C@@H](NC(=O)NCC[C@@H]1CCCCO1)c1cn(-c2ccccc2)nn1. The second kappa shape index (κ2) is 8.62. The van der Waals surface area contributed by atoms with Crippen LogP contribution in [-0.2, 0) is 4.74 Å². The summed E-state index contributed by atoms with van der Waals surface area (Å²) in [7, 11) is 0. The zero-order valence-corrected chi connectivity index (χ0v) is 14.5. The Morgan fingerprint density at radius 1 is 1.36 bits per heavy atom. The van der Waals surface area contributed by atoms with Gasteiger partial charge >= 0.3 is 6.03 Å². The molecule has 2 amide bonds. The van der Waals surface area contributed by atoms with Gasteiger partial charge in [-0.3, -0.25) is 0 Å². The average molecular weight is 343 g/mol. The van der Waals surface area contributed by atoms with Crippen LogP contribution in [0.3, 0.4) is 0 Å². The molecule has 7 heteroatoms. The molecule has 1 aliphatic heterocycles. The molecule has 0 saturated carbocycles.